The lowest BCUT2D eigenvalue weighted by molar-refractivity contribution is 0.0994. The Morgan fingerprint density at radius 2 is 1.94 bits per heavy atom. The number of carbonyl (C=O) groups excluding carboxylic acids is 1. The Balaban J connectivity index is 2.12. The third-order valence-electron chi connectivity index (χ3n) is 2.60. The van der Waals surface area contributed by atoms with Crippen LogP contribution >= 0.6 is 0 Å². The molecule has 0 unspecified atom stereocenters. The Morgan fingerprint density at radius 3 is 2.67 bits per heavy atom. The van der Waals surface area contributed by atoms with Gasteiger partial charge in [0.15, 0.2) is 11.5 Å². The maximum Gasteiger partial charge on any atom is 0.269 e. The largest absolute Gasteiger partial charge is 0.364 e. The van der Waals surface area contributed by atoms with Crippen molar-refractivity contribution < 1.29 is 4.79 Å². The van der Waals surface area contributed by atoms with Crippen LogP contribution in [0.3, 0.4) is 0 Å². The van der Waals surface area contributed by atoms with Crippen molar-refractivity contribution >= 4 is 16.9 Å². The molecule has 0 saturated heterocycles. The molecule has 0 aliphatic rings. The first-order valence-electron chi connectivity index (χ1n) is 5.32. The number of rotatable bonds is 2. The average molecular weight is 239 g/mol. The van der Waals surface area contributed by atoms with Crippen LogP contribution in [0.5, 0.6) is 0 Å². The molecule has 88 valence electrons. The first-order chi connectivity index (χ1) is 8.75. The number of fused-ring (bicyclic) bond motifs is 1. The summed E-state index contributed by atoms with van der Waals surface area (Å²) in [5.74, 6) is -0.00163. The van der Waals surface area contributed by atoms with Gasteiger partial charge in [-0.2, -0.15) is 0 Å². The highest BCUT2D eigenvalue weighted by molar-refractivity contribution is 5.90. The van der Waals surface area contributed by atoms with Gasteiger partial charge in [0.25, 0.3) is 5.91 Å². The summed E-state index contributed by atoms with van der Waals surface area (Å²) in [5, 5.41) is 7.73. The number of amides is 1. The molecule has 2 N–H and O–H groups in total. The highest BCUT2D eigenvalue weighted by Gasteiger charge is 2.07. The Labute approximate surface area is 102 Å². The lowest BCUT2D eigenvalue weighted by Crippen LogP contribution is -2.14. The van der Waals surface area contributed by atoms with Crippen molar-refractivity contribution in [2.75, 3.05) is 0 Å². The van der Waals surface area contributed by atoms with E-state index < -0.39 is 5.91 Å². The Bertz CT molecular complexity index is 717. The van der Waals surface area contributed by atoms with E-state index in [9.17, 15) is 4.79 Å². The molecule has 0 saturated carbocycles. The van der Waals surface area contributed by atoms with Crippen LogP contribution in [0, 0.1) is 0 Å². The summed E-state index contributed by atoms with van der Waals surface area (Å²) in [4.78, 5) is 15.2. The molecule has 0 atom stereocenters. The third kappa shape index (κ3) is 1.60. The zero-order valence-electron chi connectivity index (χ0n) is 9.32. The minimum atomic E-state index is -0.593. The van der Waals surface area contributed by atoms with Crippen molar-refractivity contribution in [1.82, 2.24) is 19.7 Å². The van der Waals surface area contributed by atoms with Gasteiger partial charge in [0, 0.05) is 0 Å². The van der Waals surface area contributed by atoms with Crippen LogP contribution in [0.1, 0.15) is 10.5 Å². The topological polar surface area (TPSA) is 86.7 Å². The molecule has 0 spiro atoms. The summed E-state index contributed by atoms with van der Waals surface area (Å²) in [6.45, 7) is 0. The molecule has 18 heavy (non-hydrogen) atoms. The van der Waals surface area contributed by atoms with Crippen LogP contribution in [0.25, 0.3) is 16.9 Å². The molecule has 0 aliphatic heterocycles. The number of nitrogens with zero attached hydrogens (tertiary/aromatic N) is 4. The fourth-order valence-corrected chi connectivity index (χ4v) is 1.73. The molecule has 6 nitrogen and oxygen atoms in total. The molecular formula is C12H9N5O. The number of aromatic nitrogens is 4. The van der Waals surface area contributed by atoms with Crippen molar-refractivity contribution in [2.24, 2.45) is 5.73 Å². The molecule has 0 bridgehead atoms. The lowest BCUT2D eigenvalue weighted by atomic mass is 10.3. The maximum absolute atomic E-state index is 10.9. The van der Waals surface area contributed by atoms with Crippen LogP contribution in [-0.4, -0.2) is 25.7 Å². The van der Waals surface area contributed by atoms with Crippen LogP contribution in [0.4, 0.5) is 0 Å². The molecule has 0 aliphatic carbocycles. The lowest BCUT2D eigenvalue weighted by Gasteiger charge is -2.02. The van der Waals surface area contributed by atoms with Crippen LogP contribution in [0.15, 0.2) is 42.7 Å². The molecule has 2 heterocycles. The van der Waals surface area contributed by atoms with Crippen molar-refractivity contribution in [2.45, 2.75) is 0 Å². The number of para-hydroxylation sites is 2. The van der Waals surface area contributed by atoms with Gasteiger partial charge >= 0.3 is 0 Å². The predicted molar refractivity (Wildman–Crippen MR) is 65.2 cm³/mol. The van der Waals surface area contributed by atoms with Gasteiger partial charge in [0.1, 0.15) is 6.33 Å². The average Bonchev–Trinajstić information content (AvgIpc) is 2.82. The van der Waals surface area contributed by atoms with Gasteiger partial charge in [-0.3, -0.25) is 9.36 Å². The highest BCUT2D eigenvalue weighted by atomic mass is 16.1. The second-order valence-electron chi connectivity index (χ2n) is 3.74. The molecule has 1 amide bonds. The minimum absolute atomic E-state index is 0.142. The summed E-state index contributed by atoms with van der Waals surface area (Å²) in [6, 6.07) is 10.9. The second kappa shape index (κ2) is 3.92. The molecule has 0 radical (unpaired) electrons. The monoisotopic (exact) mass is 239 g/mol. The summed E-state index contributed by atoms with van der Waals surface area (Å²) in [7, 11) is 0. The van der Waals surface area contributed by atoms with Crippen LogP contribution in [0.2, 0.25) is 0 Å². The summed E-state index contributed by atoms with van der Waals surface area (Å²) in [6.07, 6.45) is 1.67. The molecule has 2 aromatic heterocycles. The van der Waals surface area contributed by atoms with E-state index in [1.807, 2.05) is 24.3 Å². The number of imidazole rings is 1. The molecule has 6 heteroatoms. The van der Waals surface area contributed by atoms with Crippen LogP contribution < -0.4 is 5.73 Å². The number of nitrogens with two attached hydrogens (primary N) is 1. The number of carbonyl (C=O) groups is 1. The van der Waals surface area contributed by atoms with E-state index in [4.69, 9.17) is 5.73 Å². The zero-order valence-corrected chi connectivity index (χ0v) is 9.32. The zero-order chi connectivity index (χ0) is 12.5. The smallest absolute Gasteiger partial charge is 0.269 e. The molecule has 0 fully saturated rings. The van der Waals surface area contributed by atoms with Gasteiger partial charge < -0.3 is 5.73 Å². The minimum Gasteiger partial charge on any atom is -0.364 e. The third-order valence-corrected chi connectivity index (χ3v) is 2.60. The molecular weight excluding hydrogens is 230 g/mol. The first-order valence-corrected chi connectivity index (χ1v) is 5.32. The standard InChI is InChI=1S/C12H9N5O/c13-12(18)9-5-6-11(16-15-9)17-7-14-8-3-1-2-4-10(8)17/h1-7H,(H2,13,18). The second-order valence-corrected chi connectivity index (χ2v) is 3.74. The summed E-state index contributed by atoms with van der Waals surface area (Å²) >= 11 is 0. The van der Waals surface area contributed by atoms with Crippen molar-refractivity contribution in [1.29, 1.82) is 0 Å². The molecule has 1 aromatic carbocycles. The number of hydrogen-bond acceptors (Lipinski definition) is 4. The fraction of sp³-hybridized carbons (Fsp3) is 0. The normalized spacial score (nSPS) is 10.7. The predicted octanol–water partition coefficient (Wildman–Crippen LogP) is 0.914. The quantitative estimate of drug-likeness (QED) is 0.720. The van der Waals surface area contributed by atoms with E-state index >= 15 is 0 Å². The Kier molecular flexibility index (Phi) is 2.26. The van der Waals surface area contributed by atoms with E-state index in [1.165, 1.54) is 0 Å². The van der Waals surface area contributed by atoms with E-state index in [-0.39, 0.29) is 5.69 Å². The van der Waals surface area contributed by atoms with E-state index in [0.29, 0.717) is 5.82 Å². The van der Waals surface area contributed by atoms with Crippen molar-refractivity contribution in [3.8, 4) is 5.82 Å². The highest BCUT2D eigenvalue weighted by Crippen LogP contribution is 2.15. The van der Waals surface area contributed by atoms with Gasteiger partial charge in [-0.1, -0.05) is 12.1 Å². The number of hydrogen-bond donors (Lipinski definition) is 1. The SMILES string of the molecule is NC(=O)c1ccc(-n2cnc3ccccc32)nn1. The maximum atomic E-state index is 10.9. The summed E-state index contributed by atoms with van der Waals surface area (Å²) in [5.41, 5.74) is 7.06. The number of primary amides is 1. The van der Waals surface area contributed by atoms with Gasteiger partial charge in [-0.25, -0.2) is 4.98 Å². The Hall–Kier alpha value is -2.76. The van der Waals surface area contributed by atoms with E-state index in [2.05, 4.69) is 15.2 Å². The van der Waals surface area contributed by atoms with Crippen molar-refractivity contribution in [3.05, 3.63) is 48.4 Å². The van der Waals surface area contributed by atoms with Gasteiger partial charge in [0.2, 0.25) is 0 Å². The first kappa shape index (κ1) is 10.4. The molecule has 3 aromatic rings. The van der Waals surface area contributed by atoms with Crippen molar-refractivity contribution in [3.63, 3.8) is 0 Å². The number of benzene rings is 1. The van der Waals surface area contributed by atoms with Gasteiger partial charge in [-0.15, -0.1) is 10.2 Å². The Morgan fingerprint density at radius 1 is 1.11 bits per heavy atom. The van der Waals surface area contributed by atoms with Gasteiger partial charge in [-0.05, 0) is 24.3 Å². The van der Waals surface area contributed by atoms with E-state index in [0.717, 1.165) is 11.0 Å². The van der Waals surface area contributed by atoms with Gasteiger partial charge in [0.05, 0.1) is 11.0 Å². The van der Waals surface area contributed by atoms with E-state index in [1.54, 1.807) is 23.0 Å². The fourth-order valence-electron chi connectivity index (χ4n) is 1.73. The van der Waals surface area contributed by atoms with Crippen LogP contribution in [-0.2, 0) is 0 Å². The summed E-state index contributed by atoms with van der Waals surface area (Å²) < 4.78 is 1.80. The molecule has 3 rings (SSSR count).